The third-order valence-electron chi connectivity index (χ3n) is 6.47. The molecule has 0 aliphatic carbocycles. The fraction of sp³-hybridized carbons (Fsp3) is 0.480. The molecule has 3 heterocycles. The van der Waals surface area contributed by atoms with E-state index in [1.807, 2.05) is 30.3 Å². The van der Waals surface area contributed by atoms with Gasteiger partial charge in [0.15, 0.2) is 11.5 Å². The molecular weight excluding hydrogens is 390 g/mol. The average molecular weight is 420 g/mol. The molecule has 0 spiro atoms. The number of nitrogens with one attached hydrogen (secondary N) is 1. The van der Waals surface area contributed by atoms with Crippen molar-refractivity contribution in [2.45, 2.75) is 37.8 Å². The van der Waals surface area contributed by atoms with Crippen LogP contribution in [0.15, 0.2) is 36.4 Å². The van der Waals surface area contributed by atoms with Crippen LogP contribution in [-0.2, 0) is 4.74 Å². The Balaban J connectivity index is 1.32. The summed E-state index contributed by atoms with van der Waals surface area (Å²) in [5.74, 6) is 1.51. The Kier molecular flexibility index (Phi) is 5.97. The highest BCUT2D eigenvalue weighted by Gasteiger charge is 2.25. The van der Waals surface area contributed by atoms with Gasteiger partial charge in [-0.25, -0.2) is 0 Å². The zero-order valence-corrected chi connectivity index (χ0v) is 17.8. The zero-order valence-electron chi connectivity index (χ0n) is 17.8. The van der Waals surface area contributed by atoms with E-state index in [9.17, 15) is 5.26 Å². The van der Waals surface area contributed by atoms with Crippen molar-refractivity contribution in [3.05, 3.63) is 42.0 Å². The Morgan fingerprint density at radius 2 is 1.77 bits per heavy atom. The van der Waals surface area contributed by atoms with Crippen LogP contribution in [0.25, 0.3) is 11.1 Å². The number of benzene rings is 2. The fourth-order valence-corrected chi connectivity index (χ4v) is 4.87. The number of nitriles is 1. The van der Waals surface area contributed by atoms with E-state index in [1.165, 1.54) is 6.42 Å². The highest BCUT2D eigenvalue weighted by molar-refractivity contribution is 5.79. The highest BCUT2D eigenvalue weighted by Crippen LogP contribution is 2.38. The van der Waals surface area contributed by atoms with Crippen molar-refractivity contribution in [3.8, 4) is 28.7 Å². The molecule has 2 saturated heterocycles. The minimum atomic E-state index is 0.485. The summed E-state index contributed by atoms with van der Waals surface area (Å²) >= 11 is 0. The Morgan fingerprint density at radius 3 is 2.55 bits per heavy atom. The third kappa shape index (κ3) is 4.34. The van der Waals surface area contributed by atoms with E-state index in [0.29, 0.717) is 25.3 Å². The molecule has 31 heavy (non-hydrogen) atoms. The Morgan fingerprint density at radius 1 is 0.935 bits per heavy atom. The lowest BCUT2D eigenvalue weighted by Crippen LogP contribution is -2.48. The second kappa shape index (κ2) is 9.17. The molecule has 5 rings (SSSR count). The number of rotatable bonds is 4. The molecule has 1 unspecified atom stereocenters. The number of piperidine rings is 1. The van der Waals surface area contributed by atoms with Gasteiger partial charge in [0.25, 0.3) is 0 Å². The second-order valence-electron chi connectivity index (χ2n) is 8.51. The van der Waals surface area contributed by atoms with Crippen molar-refractivity contribution in [3.63, 3.8) is 0 Å². The number of hydrogen-bond donors (Lipinski definition) is 1. The SMILES string of the molecule is N#Cc1c(-c2ccc3c(c2)OCCO3)cccc1N1CCC(NC2CCCOC2)CC1. The van der Waals surface area contributed by atoms with Crippen LogP contribution in [0.4, 0.5) is 5.69 Å². The van der Waals surface area contributed by atoms with Crippen LogP contribution >= 0.6 is 0 Å². The van der Waals surface area contributed by atoms with Crippen LogP contribution in [0.1, 0.15) is 31.2 Å². The standard InChI is InChI=1S/C25H29N3O3/c26-16-22-21(18-6-7-24-25(15-18)31-14-13-30-24)4-1-5-23(22)28-10-8-19(9-11-28)27-20-3-2-12-29-17-20/h1,4-7,15,19-20,27H,2-3,8-14,17H2. The van der Waals surface area contributed by atoms with Gasteiger partial charge in [-0.2, -0.15) is 5.26 Å². The van der Waals surface area contributed by atoms with Gasteiger partial charge in [0.05, 0.1) is 17.9 Å². The monoisotopic (exact) mass is 419 g/mol. The van der Waals surface area contributed by atoms with Gasteiger partial charge in [-0.15, -0.1) is 0 Å². The number of anilines is 1. The zero-order chi connectivity index (χ0) is 21.0. The highest BCUT2D eigenvalue weighted by atomic mass is 16.6. The first-order valence-electron chi connectivity index (χ1n) is 11.3. The quantitative estimate of drug-likeness (QED) is 0.815. The van der Waals surface area contributed by atoms with Gasteiger partial charge in [0.1, 0.15) is 19.3 Å². The van der Waals surface area contributed by atoms with Gasteiger partial charge in [0, 0.05) is 37.3 Å². The van der Waals surface area contributed by atoms with Crippen molar-refractivity contribution >= 4 is 5.69 Å². The molecule has 2 fully saturated rings. The van der Waals surface area contributed by atoms with Crippen molar-refractivity contribution < 1.29 is 14.2 Å². The van der Waals surface area contributed by atoms with E-state index in [4.69, 9.17) is 14.2 Å². The minimum Gasteiger partial charge on any atom is -0.486 e. The molecule has 3 aliphatic heterocycles. The Bertz CT molecular complexity index is 957. The van der Waals surface area contributed by atoms with Gasteiger partial charge in [-0.1, -0.05) is 18.2 Å². The van der Waals surface area contributed by atoms with E-state index in [-0.39, 0.29) is 0 Å². The molecule has 0 amide bonds. The molecule has 1 N–H and O–H groups in total. The number of nitrogens with zero attached hydrogens (tertiary/aromatic N) is 2. The lowest BCUT2D eigenvalue weighted by atomic mass is 9.96. The molecule has 162 valence electrons. The average Bonchev–Trinajstić information content (AvgIpc) is 2.84. The van der Waals surface area contributed by atoms with Crippen LogP contribution in [0, 0.1) is 11.3 Å². The largest absolute Gasteiger partial charge is 0.486 e. The number of hydrogen-bond acceptors (Lipinski definition) is 6. The molecule has 1 atom stereocenters. The van der Waals surface area contributed by atoms with Crippen LogP contribution in [0.2, 0.25) is 0 Å². The lowest BCUT2D eigenvalue weighted by molar-refractivity contribution is 0.0650. The minimum absolute atomic E-state index is 0.485. The molecule has 3 aliphatic rings. The van der Waals surface area contributed by atoms with Gasteiger partial charge < -0.3 is 24.4 Å². The normalized spacial score (nSPS) is 21.5. The summed E-state index contributed by atoms with van der Waals surface area (Å²) in [6.45, 7) is 4.75. The molecule has 2 aromatic carbocycles. The summed E-state index contributed by atoms with van der Waals surface area (Å²) in [5, 5.41) is 13.8. The van der Waals surface area contributed by atoms with E-state index >= 15 is 0 Å². The van der Waals surface area contributed by atoms with Gasteiger partial charge in [-0.05, 0) is 49.4 Å². The maximum absolute atomic E-state index is 10.0. The summed E-state index contributed by atoms with van der Waals surface area (Å²) in [5.41, 5.74) is 3.67. The maximum Gasteiger partial charge on any atom is 0.161 e. The summed E-state index contributed by atoms with van der Waals surface area (Å²) < 4.78 is 17.0. The molecule has 2 aromatic rings. The van der Waals surface area contributed by atoms with Crippen LogP contribution < -0.4 is 19.7 Å². The van der Waals surface area contributed by atoms with E-state index in [0.717, 1.165) is 79.4 Å². The first-order valence-corrected chi connectivity index (χ1v) is 11.3. The van der Waals surface area contributed by atoms with E-state index in [2.05, 4.69) is 22.4 Å². The molecular formula is C25H29N3O3. The molecule has 0 bridgehead atoms. The predicted octanol–water partition coefficient (Wildman–Crippen LogP) is 3.73. The smallest absolute Gasteiger partial charge is 0.161 e. The second-order valence-corrected chi connectivity index (χ2v) is 8.51. The van der Waals surface area contributed by atoms with Crippen LogP contribution in [-0.4, -0.2) is 51.6 Å². The third-order valence-corrected chi connectivity index (χ3v) is 6.47. The molecule has 6 nitrogen and oxygen atoms in total. The Labute approximate surface area is 183 Å². The maximum atomic E-state index is 10.0. The van der Waals surface area contributed by atoms with Crippen molar-refractivity contribution in [1.29, 1.82) is 5.26 Å². The van der Waals surface area contributed by atoms with Crippen LogP contribution in [0.5, 0.6) is 11.5 Å². The number of ether oxygens (including phenoxy) is 3. The first kappa shape index (κ1) is 20.2. The lowest BCUT2D eigenvalue weighted by Gasteiger charge is -2.37. The summed E-state index contributed by atoms with van der Waals surface area (Å²) in [6, 6.07) is 15.5. The van der Waals surface area contributed by atoms with Gasteiger partial charge in [0.2, 0.25) is 0 Å². The first-order chi connectivity index (χ1) is 15.3. The molecule has 0 radical (unpaired) electrons. The van der Waals surface area contributed by atoms with Gasteiger partial charge >= 0.3 is 0 Å². The van der Waals surface area contributed by atoms with E-state index in [1.54, 1.807) is 0 Å². The van der Waals surface area contributed by atoms with E-state index < -0.39 is 0 Å². The molecule has 0 aromatic heterocycles. The topological polar surface area (TPSA) is 66.8 Å². The Hall–Kier alpha value is -2.75. The predicted molar refractivity (Wildman–Crippen MR) is 120 cm³/mol. The van der Waals surface area contributed by atoms with Crippen molar-refractivity contribution in [2.75, 3.05) is 44.4 Å². The van der Waals surface area contributed by atoms with Crippen molar-refractivity contribution in [2.24, 2.45) is 0 Å². The van der Waals surface area contributed by atoms with Gasteiger partial charge in [-0.3, -0.25) is 0 Å². The molecule has 6 heteroatoms. The number of fused-ring (bicyclic) bond motifs is 1. The molecule has 0 saturated carbocycles. The fourth-order valence-electron chi connectivity index (χ4n) is 4.87. The van der Waals surface area contributed by atoms with Crippen LogP contribution in [0.3, 0.4) is 0 Å². The summed E-state index contributed by atoms with van der Waals surface area (Å²) in [7, 11) is 0. The summed E-state index contributed by atoms with van der Waals surface area (Å²) in [4.78, 5) is 2.36. The summed E-state index contributed by atoms with van der Waals surface area (Å²) in [6.07, 6.45) is 4.51. The van der Waals surface area contributed by atoms with Crippen molar-refractivity contribution in [1.82, 2.24) is 5.32 Å².